The van der Waals surface area contributed by atoms with E-state index >= 15 is 0 Å². The van der Waals surface area contributed by atoms with Gasteiger partial charge in [0.25, 0.3) is 5.91 Å². The zero-order valence-corrected chi connectivity index (χ0v) is 23.1. The van der Waals surface area contributed by atoms with E-state index in [0.717, 1.165) is 12.8 Å². The topological polar surface area (TPSA) is 131 Å². The number of nitrogens with one attached hydrogen (secondary N) is 1. The van der Waals surface area contributed by atoms with Crippen molar-refractivity contribution in [3.8, 4) is 23.1 Å². The summed E-state index contributed by atoms with van der Waals surface area (Å²) >= 11 is 0. The lowest BCUT2D eigenvalue weighted by Crippen LogP contribution is -2.21. The summed E-state index contributed by atoms with van der Waals surface area (Å²) in [6, 6.07) is 6.18. The number of ether oxygens (including phenoxy) is 5. The third-order valence-electron chi connectivity index (χ3n) is 5.83. The van der Waals surface area contributed by atoms with Crippen molar-refractivity contribution < 1.29 is 41.7 Å². The summed E-state index contributed by atoms with van der Waals surface area (Å²) in [4.78, 5) is 16.9. The molecule has 2 heterocycles. The molecule has 2 aromatic heterocycles. The molecule has 1 N–H and O–H groups in total. The largest absolute Gasteiger partial charge is 0.493 e. The molecule has 0 unspecified atom stereocenters. The molecular weight excluding hydrogens is 561 g/mol. The first-order valence-corrected chi connectivity index (χ1v) is 12.7. The number of alkyl halides is 3. The van der Waals surface area contributed by atoms with E-state index in [2.05, 4.69) is 32.3 Å². The monoisotopic (exact) mass is 590 g/mol. The van der Waals surface area contributed by atoms with Gasteiger partial charge >= 0.3 is 6.18 Å². The standard InChI is InChI=1S/C27H29F3N6O6/c1-5-19(17-12-20(38-3)21(39-4)13-18(17)31-2)42-24-9-8-23(33-34-24)32-26(37)25-22(41-15-27(28,29)30)14-36(35-25)10-11-40-16-6-7-16/h5,8-9,12-14,16H,2,6-7,10-11,15H2,1,3-4H3,(H,32,33,37)/b19-5+. The molecule has 1 fully saturated rings. The number of benzene rings is 1. The van der Waals surface area contributed by atoms with Gasteiger partial charge in [-0.15, -0.1) is 10.2 Å². The van der Waals surface area contributed by atoms with E-state index in [9.17, 15) is 18.0 Å². The van der Waals surface area contributed by atoms with Gasteiger partial charge in [0, 0.05) is 17.7 Å². The Bertz CT molecular complexity index is 1440. The highest BCUT2D eigenvalue weighted by molar-refractivity contribution is 6.04. The van der Waals surface area contributed by atoms with Crippen LogP contribution in [0.25, 0.3) is 5.76 Å². The molecule has 0 atom stereocenters. The smallest absolute Gasteiger partial charge is 0.422 e. The second kappa shape index (κ2) is 13.3. The minimum Gasteiger partial charge on any atom is -0.493 e. The molecular formula is C27H29F3N6O6. The fraction of sp³-hybridized carbons (Fsp3) is 0.370. The average molecular weight is 591 g/mol. The van der Waals surface area contributed by atoms with Crippen LogP contribution in [0.5, 0.6) is 23.1 Å². The number of rotatable bonds is 14. The minimum absolute atomic E-state index is 0.00216. The quantitative estimate of drug-likeness (QED) is 0.207. The maximum atomic E-state index is 12.9. The van der Waals surface area contributed by atoms with E-state index in [4.69, 9.17) is 23.7 Å². The normalized spacial score (nSPS) is 13.4. The van der Waals surface area contributed by atoms with Crippen molar-refractivity contribution in [3.05, 3.63) is 47.8 Å². The molecule has 42 heavy (non-hydrogen) atoms. The molecule has 1 aromatic carbocycles. The molecule has 0 saturated heterocycles. The van der Waals surface area contributed by atoms with E-state index in [0.29, 0.717) is 35.1 Å². The third kappa shape index (κ3) is 7.96. The first-order chi connectivity index (χ1) is 20.1. The molecule has 12 nitrogen and oxygen atoms in total. The summed E-state index contributed by atoms with van der Waals surface area (Å²) in [6.07, 6.45) is 0.435. The highest BCUT2D eigenvalue weighted by Gasteiger charge is 2.30. The van der Waals surface area contributed by atoms with Gasteiger partial charge in [-0.1, -0.05) is 0 Å². The van der Waals surface area contributed by atoms with Crippen LogP contribution in [0.2, 0.25) is 0 Å². The molecule has 1 saturated carbocycles. The van der Waals surface area contributed by atoms with Gasteiger partial charge in [-0.3, -0.25) is 14.5 Å². The molecule has 224 valence electrons. The molecule has 4 rings (SSSR count). The molecule has 0 bridgehead atoms. The van der Waals surface area contributed by atoms with E-state index in [1.807, 2.05) is 0 Å². The number of allylic oxidation sites excluding steroid dienone is 1. The van der Waals surface area contributed by atoms with E-state index in [-0.39, 0.29) is 35.8 Å². The SMILES string of the molecule is C=Nc1cc(OC)c(OC)cc1/C(=C\C)Oc1ccc(NC(=O)c2nn(CCOC3CC3)cc2OCC(F)(F)F)nn1. The molecule has 0 radical (unpaired) electrons. The Morgan fingerprint density at radius 3 is 2.50 bits per heavy atom. The van der Waals surface area contributed by atoms with Crippen molar-refractivity contribution in [3.63, 3.8) is 0 Å². The Labute approximate surface area is 239 Å². The van der Waals surface area contributed by atoms with Gasteiger partial charge < -0.3 is 29.0 Å². The highest BCUT2D eigenvalue weighted by atomic mass is 19.4. The van der Waals surface area contributed by atoms with Crippen molar-refractivity contribution in [2.45, 2.75) is 38.6 Å². The fourth-order valence-electron chi connectivity index (χ4n) is 3.68. The van der Waals surface area contributed by atoms with Crippen molar-refractivity contribution in [2.24, 2.45) is 4.99 Å². The predicted molar refractivity (Wildman–Crippen MR) is 146 cm³/mol. The lowest BCUT2D eigenvalue weighted by molar-refractivity contribution is -0.153. The van der Waals surface area contributed by atoms with Crippen LogP contribution in [0.1, 0.15) is 35.8 Å². The predicted octanol–water partition coefficient (Wildman–Crippen LogP) is 4.83. The molecule has 1 aliphatic rings. The maximum absolute atomic E-state index is 12.9. The fourth-order valence-corrected chi connectivity index (χ4v) is 3.68. The number of carbonyl (C=O) groups is 1. The van der Waals surface area contributed by atoms with Crippen molar-refractivity contribution in [1.29, 1.82) is 0 Å². The van der Waals surface area contributed by atoms with Crippen LogP contribution in [-0.2, 0) is 11.3 Å². The van der Waals surface area contributed by atoms with Gasteiger partial charge in [-0.25, -0.2) is 0 Å². The highest BCUT2D eigenvalue weighted by Crippen LogP contribution is 2.38. The van der Waals surface area contributed by atoms with E-state index in [1.54, 1.807) is 25.1 Å². The summed E-state index contributed by atoms with van der Waals surface area (Å²) in [5.41, 5.74) is 0.676. The van der Waals surface area contributed by atoms with E-state index < -0.39 is 18.7 Å². The van der Waals surface area contributed by atoms with Gasteiger partial charge in [0.1, 0.15) is 5.76 Å². The molecule has 1 amide bonds. The van der Waals surface area contributed by atoms with Crippen molar-refractivity contribution in [1.82, 2.24) is 20.0 Å². The van der Waals surface area contributed by atoms with Crippen LogP contribution >= 0.6 is 0 Å². The number of carbonyl (C=O) groups excluding carboxylic acids is 1. The number of halogens is 3. The Morgan fingerprint density at radius 1 is 1.17 bits per heavy atom. The first-order valence-electron chi connectivity index (χ1n) is 12.7. The lowest BCUT2D eigenvalue weighted by atomic mass is 10.1. The summed E-state index contributed by atoms with van der Waals surface area (Å²) in [6.45, 7) is 4.28. The lowest BCUT2D eigenvalue weighted by Gasteiger charge is -2.15. The summed E-state index contributed by atoms with van der Waals surface area (Å²) in [7, 11) is 3.00. The molecule has 15 heteroatoms. The number of nitrogens with zero attached hydrogens (tertiary/aromatic N) is 5. The van der Waals surface area contributed by atoms with Gasteiger partial charge in [-0.05, 0) is 44.7 Å². The first kappa shape index (κ1) is 30.3. The van der Waals surface area contributed by atoms with Gasteiger partial charge in [0.15, 0.2) is 35.4 Å². The van der Waals surface area contributed by atoms with Gasteiger partial charge in [-0.2, -0.15) is 18.3 Å². The second-order valence-electron chi connectivity index (χ2n) is 8.93. The van der Waals surface area contributed by atoms with E-state index in [1.165, 1.54) is 37.2 Å². The number of aromatic nitrogens is 4. The van der Waals surface area contributed by atoms with Crippen LogP contribution < -0.4 is 24.3 Å². The average Bonchev–Trinajstić information content (AvgIpc) is 3.71. The number of hydrogen-bond acceptors (Lipinski definition) is 10. The number of aliphatic imine (C=N–C) groups is 1. The Kier molecular flexibility index (Phi) is 9.62. The summed E-state index contributed by atoms with van der Waals surface area (Å²) in [5.74, 6) is 0.196. The number of hydrogen-bond donors (Lipinski definition) is 1. The van der Waals surface area contributed by atoms with Crippen LogP contribution in [0, 0.1) is 0 Å². The summed E-state index contributed by atoms with van der Waals surface area (Å²) in [5, 5.41) is 14.5. The molecule has 0 spiro atoms. The minimum atomic E-state index is -4.60. The number of anilines is 1. The zero-order valence-electron chi connectivity index (χ0n) is 23.1. The summed E-state index contributed by atoms with van der Waals surface area (Å²) < 4.78 is 66.6. The van der Waals surface area contributed by atoms with Crippen LogP contribution in [0.15, 0.2) is 41.5 Å². The Hall–Kier alpha value is -4.66. The van der Waals surface area contributed by atoms with Crippen LogP contribution in [0.4, 0.5) is 24.7 Å². The number of methoxy groups -OCH3 is 2. The zero-order chi connectivity index (χ0) is 30.3. The molecule has 3 aromatic rings. The van der Waals surface area contributed by atoms with Crippen LogP contribution in [-0.4, -0.2) is 72.3 Å². The number of amides is 1. The van der Waals surface area contributed by atoms with Crippen LogP contribution in [0.3, 0.4) is 0 Å². The molecule has 0 aliphatic heterocycles. The maximum Gasteiger partial charge on any atom is 0.422 e. The second-order valence-corrected chi connectivity index (χ2v) is 8.93. The van der Waals surface area contributed by atoms with Crippen molar-refractivity contribution >= 4 is 29.9 Å². The van der Waals surface area contributed by atoms with Gasteiger partial charge in [0.05, 0.1) is 45.4 Å². The molecule has 1 aliphatic carbocycles. The Balaban J connectivity index is 1.46. The van der Waals surface area contributed by atoms with Gasteiger partial charge in [0.2, 0.25) is 5.88 Å². The van der Waals surface area contributed by atoms with Crippen molar-refractivity contribution in [2.75, 3.05) is 32.8 Å². The Morgan fingerprint density at radius 2 is 1.90 bits per heavy atom. The third-order valence-corrected chi connectivity index (χ3v) is 5.83.